The molecule has 5 rings (SSSR count). The number of halogens is 7. The molecule has 3 aromatic heterocycles. The minimum Gasteiger partial charge on any atom is -0.480 e. The lowest BCUT2D eigenvalue weighted by atomic mass is 9.92. The van der Waals surface area contributed by atoms with Crippen LogP contribution in [0.1, 0.15) is 18.5 Å². The van der Waals surface area contributed by atoms with Crippen LogP contribution in [0.4, 0.5) is 38.0 Å². The Kier molecular flexibility index (Phi) is 5.85. The van der Waals surface area contributed by atoms with Gasteiger partial charge in [0.1, 0.15) is 10.8 Å². The van der Waals surface area contributed by atoms with Gasteiger partial charge < -0.3 is 15.0 Å². The zero-order chi connectivity index (χ0) is 25.0. The number of piperidine rings is 1. The average Bonchev–Trinajstić information content (AvgIpc) is 3.27. The summed E-state index contributed by atoms with van der Waals surface area (Å²) in [5.41, 5.74) is -0.671. The molecule has 4 heterocycles. The molecule has 2 unspecified atom stereocenters. The Morgan fingerprint density at radius 3 is 2.40 bits per heavy atom. The molecule has 14 heteroatoms. The second-order valence-electron chi connectivity index (χ2n) is 8.66. The van der Waals surface area contributed by atoms with E-state index in [0.29, 0.717) is 28.8 Å². The van der Waals surface area contributed by atoms with Crippen molar-refractivity contribution < 1.29 is 31.1 Å². The number of pyridine rings is 2. The van der Waals surface area contributed by atoms with Crippen LogP contribution in [-0.4, -0.2) is 51.5 Å². The summed E-state index contributed by atoms with van der Waals surface area (Å²) in [6.07, 6.45) is -6.02. The van der Waals surface area contributed by atoms with Gasteiger partial charge in [-0.05, 0) is 48.9 Å². The first-order valence-electron chi connectivity index (χ1n) is 10.8. The Hall–Kier alpha value is -2.96. The highest BCUT2D eigenvalue weighted by Gasteiger charge is 2.43. The number of hydrogen-bond donors (Lipinski definition) is 1. The first-order chi connectivity index (χ1) is 16.5. The van der Waals surface area contributed by atoms with Gasteiger partial charge in [-0.15, -0.1) is 5.10 Å². The number of hydrogen-bond acceptors (Lipinski definition) is 6. The van der Waals surface area contributed by atoms with Gasteiger partial charge in [0.25, 0.3) is 0 Å². The first-order valence-corrected chi connectivity index (χ1v) is 11.2. The van der Waals surface area contributed by atoms with Gasteiger partial charge in [0, 0.05) is 31.0 Å². The maximum atomic E-state index is 13.5. The Labute approximate surface area is 200 Å². The lowest BCUT2D eigenvalue weighted by Gasteiger charge is -2.39. The molecule has 3 aromatic rings. The second kappa shape index (κ2) is 8.61. The first kappa shape index (κ1) is 23.8. The van der Waals surface area contributed by atoms with Crippen molar-refractivity contribution in [3.05, 3.63) is 41.3 Å². The van der Waals surface area contributed by atoms with E-state index in [1.165, 1.54) is 0 Å². The standard InChI is InChI=1S/C21H19ClF6N6O/c22-16-7-13(5-6-29-16)33-8-11-1-2-12(9-33)17(11)30-19-31-18-14(35-10-20(23,24)25)3-4-15(21(26,27)28)34(18)32-19/h3-7,11-12,17H,1-2,8-10H2,(H,30,32). The molecule has 1 saturated carbocycles. The van der Waals surface area contributed by atoms with Crippen LogP contribution in [0.3, 0.4) is 0 Å². The number of rotatable bonds is 5. The lowest BCUT2D eigenvalue weighted by molar-refractivity contribution is -0.153. The Bertz CT molecular complexity index is 1220. The van der Waals surface area contributed by atoms with Crippen LogP contribution in [0.15, 0.2) is 30.5 Å². The van der Waals surface area contributed by atoms with E-state index >= 15 is 0 Å². The van der Waals surface area contributed by atoms with Crippen LogP contribution in [0.2, 0.25) is 5.15 Å². The molecule has 0 aromatic carbocycles. The molecule has 1 aliphatic heterocycles. The molecule has 2 bridgehead atoms. The topological polar surface area (TPSA) is 67.6 Å². The smallest absolute Gasteiger partial charge is 0.433 e. The SMILES string of the molecule is FC(F)(F)COc1ccc(C(F)(F)F)n2nc(NC3C4CCC3CN(c3ccnc(Cl)c3)C4)nc12. The number of anilines is 2. The van der Waals surface area contributed by atoms with Crippen LogP contribution in [0.5, 0.6) is 5.75 Å². The average molecular weight is 521 g/mol. The van der Waals surface area contributed by atoms with Gasteiger partial charge in [-0.2, -0.15) is 31.3 Å². The van der Waals surface area contributed by atoms with Crippen molar-refractivity contribution in [2.45, 2.75) is 31.2 Å². The van der Waals surface area contributed by atoms with Gasteiger partial charge in [-0.1, -0.05) is 11.6 Å². The van der Waals surface area contributed by atoms with Gasteiger partial charge >= 0.3 is 12.4 Å². The maximum Gasteiger partial charge on any atom is 0.433 e. The number of nitrogens with one attached hydrogen (secondary N) is 1. The predicted molar refractivity (Wildman–Crippen MR) is 115 cm³/mol. The van der Waals surface area contributed by atoms with E-state index in [0.717, 1.165) is 24.6 Å². The van der Waals surface area contributed by atoms with Gasteiger partial charge in [0.05, 0.1) is 0 Å². The molecule has 0 radical (unpaired) electrons. The number of aromatic nitrogens is 4. The molecule has 7 nitrogen and oxygen atoms in total. The molecular weight excluding hydrogens is 502 g/mol. The molecule has 1 aliphatic carbocycles. The van der Waals surface area contributed by atoms with Crippen molar-refractivity contribution in [2.75, 3.05) is 29.9 Å². The fourth-order valence-electron chi connectivity index (χ4n) is 4.89. The third kappa shape index (κ3) is 4.91. The van der Waals surface area contributed by atoms with Crippen LogP contribution < -0.4 is 15.0 Å². The lowest BCUT2D eigenvalue weighted by Crippen LogP contribution is -2.48. The maximum absolute atomic E-state index is 13.5. The van der Waals surface area contributed by atoms with Crippen LogP contribution >= 0.6 is 11.6 Å². The summed E-state index contributed by atoms with van der Waals surface area (Å²) in [5, 5.41) is 7.46. The summed E-state index contributed by atoms with van der Waals surface area (Å²) in [5.74, 6) is -0.213. The zero-order valence-electron chi connectivity index (χ0n) is 17.9. The number of fused-ring (bicyclic) bond motifs is 3. The predicted octanol–water partition coefficient (Wildman–Crippen LogP) is 5.06. The highest BCUT2D eigenvalue weighted by atomic mass is 35.5. The highest BCUT2D eigenvalue weighted by Crippen LogP contribution is 2.40. The highest BCUT2D eigenvalue weighted by molar-refractivity contribution is 6.29. The van der Waals surface area contributed by atoms with E-state index in [4.69, 9.17) is 16.3 Å². The number of alkyl halides is 6. The molecule has 35 heavy (non-hydrogen) atoms. The fraction of sp³-hybridized carbons (Fsp3) is 0.476. The fourth-order valence-corrected chi connectivity index (χ4v) is 5.06. The summed E-state index contributed by atoms with van der Waals surface area (Å²) < 4.78 is 83.6. The van der Waals surface area contributed by atoms with E-state index in [-0.39, 0.29) is 23.8 Å². The van der Waals surface area contributed by atoms with Crippen molar-refractivity contribution in [1.29, 1.82) is 0 Å². The Balaban J connectivity index is 1.40. The largest absolute Gasteiger partial charge is 0.480 e. The summed E-state index contributed by atoms with van der Waals surface area (Å²) in [7, 11) is 0. The van der Waals surface area contributed by atoms with Gasteiger partial charge in [0.2, 0.25) is 5.95 Å². The molecule has 188 valence electrons. The van der Waals surface area contributed by atoms with E-state index in [1.54, 1.807) is 12.3 Å². The summed E-state index contributed by atoms with van der Waals surface area (Å²) in [6.45, 7) is -0.281. The number of ether oxygens (including phenoxy) is 1. The number of nitrogens with zero attached hydrogens (tertiary/aromatic N) is 5. The summed E-state index contributed by atoms with van der Waals surface area (Å²) >= 11 is 6.01. The molecule has 2 fully saturated rings. The van der Waals surface area contributed by atoms with Crippen LogP contribution in [0.25, 0.3) is 5.65 Å². The van der Waals surface area contributed by atoms with Crippen LogP contribution in [-0.2, 0) is 6.18 Å². The Morgan fingerprint density at radius 2 is 1.77 bits per heavy atom. The van der Waals surface area contributed by atoms with E-state index < -0.39 is 36.1 Å². The van der Waals surface area contributed by atoms with Gasteiger partial charge in [-0.25, -0.2) is 9.50 Å². The van der Waals surface area contributed by atoms with Crippen molar-refractivity contribution in [1.82, 2.24) is 19.6 Å². The molecule has 1 saturated heterocycles. The summed E-state index contributed by atoms with van der Waals surface area (Å²) in [4.78, 5) is 10.3. The third-order valence-electron chi connectivity index (χ3n) is 6.33. The normalized spacial score (nSPS) is 22.6. The van der Waals surface area contributed by atoms with Crippen molar-refractivity contribution in [3.63, 3.8) is 0 Å². The monoisotopic (exact) mass is 520 g/mol. The zero-order valence-corrected chi connectivity index (χ0v) is 18.7. The summed E-state index contributed by atoms with van der Waals surface area (Å²) in [6, 6.07) is 4.99. The van der Waals surface area contributed by atoms with E-state index in [9.17, 15) is 26.3 Å². The Morgan fingerprint density at radius 1 is 1.06 bits per heavy atom. The van der Waals surface area contributed by atoms with Gasteiger partial charge in [0.15, 0.2) is 18.0 Å². The van der Waals surface area contributed by atoms with Crippen LogP contribution in [0, 0.1) is 11.8 Å². The minimum absolute atomic E-state index is 0.0964. The molecule has 2 aliphatic rings. The van der Waals surface area contributed by atoms with E-state index in [2.05, 4.69) is 25.3 Å². The molecule has 1 N–H and O–H groups in total. The molecular formula is C21H19ClF6N6O. The molecule has 0 amide bonds. The van der Waals surface area contributed by atoms with Crippen molar-refractivity contribution in [3.8, 4) is 5.75 Å². The van der Waals surface area contributed by atoms with E-state index in [1.807, 2.05) is 6.07 Å². The quantitative estimate of drug-likeness (QED) is 0.374. The minimum atomic E-state index is -4.79. The second-order valence-corrected chi connectivity index (χ2v) is 9.05. The van der Waals surface area contributed by atoms with Crippen molar-refractivity contribution >= 4 is 28.9 Å². The molecule has 2 atom stereocenters. The van der Waals surface area contributed by atoms with Crippen molar-refractivity contribution in [2.24, 2.45) is 11.8 Å². The molecule has 0 spiro atoms. The van der Waals surface area contributed by atoms with Gasteiger partial charge in [-0.3, -0.25) is 0 Å². The third-order valence-corrected chi connectivity index (χ3v) is 6.54.